The number of benzene rings is 1. The summed E-state index contributed by atoms with van der Waals surface area (Å²) < 4.78 is 6.12. The van der Waals surface area contributed by atoms with Crippen LogP contribution in [0.25, 0.3) is 11.0 Å². The van der Waals surface area contributed by atoms with E-state index in [9.17, 15) is 9.59 Å². The van der Waals surface area contributed by atoms with Crippen LogP contribution in [0.4, 0.5) is 0 Å². The van der Waals surface area contributed by atoms with Gasteiger partial charge in [-0.2, -0.15) is 0 Å². The number of nitrogens with zero attached hydrogens (tertiary/aromatic N) is 2. The zero-order valence-corrected chi connectivity index (χ0v) is 16.0. The molecule has 0 N–H and O–H groups in total. The molecule has 0 aliphatic carbocycles. The smallest absolute Gasteiger partial charge is 0.372 e. The Hall–Kier alpha value is -2.21. The minimum absolute atomic E-state index is 0.306. The van der Waals surface area contributed by atoms with E-state index in [1.54, 1.807) is 18.3 Å². The molecule has 5 nitrogen and oxygen atoms in total. The monoisotopic (exact) mass is 404 g/mol. The number of rotatable bonds is 4. The molecular weight excluding hydrogens is 384 g/mol. The van der Waals surface area contributed by atoms with Crippen molar-refractivity contribution < 1.29 is 4.42 Å². The van der Waals surface area contributed by atoms with Crippen LogP contribution in [-0.4, -0.2) is 14.9 Å². The first kappa shape index (κ1) is 19.1. The average molecular weight is 405 g/mol. The third-order valence-corrected chi connectivity index (χ3v) is 4.30. The van der Waals surface area contributed by atoms with Crippen molar-refractivity contribution in [1.82, 2.24) is 9.55 Å². The number of alkyl halides is 1. The fourth-order valence-corrected chi connectivity index (χ4v) is 2.84. The van der Waals surface area contributed by atoms with Crippen LogP contribution in [0.5, 0.6) is 0 Å². The van der Waals surface area contributed by atoms with E-state index in [1.165, 1.54) is 17.4 Å². The Morgan fingerprint density at radius 3 is 2.56 bits per heavy atom. The van der Waals surface area contributed by atoms with E-state index >= 15 is 0 Å². The maximum atomic E-state index is 11.9. The van der Waals surface area contributed by atoms with E-state index in [2.05, 4.69) is 27.8 Å². The van der Waals surface area contributed by atoms with Gasteiger partial charge in [-0.3, -0.25) is 4.57 Å². The van der Waals surface area contributed by atoms with Crippen molar-refractivity contribution in [2.45, 2.75) is 33.2 Å². The Bertz CT molecular complexity index is 945. The first-order valence-electron chi connectivity index (χ1n) is 8.17. The molecule has 0 saturated carbocycles. The lowest BCUT2D eigenvalue weighted by molar-refractivity contribution is 0.423. The summed E-state index contributed by atoms with van der Waals surface area (Å²) in [4.78, 5) is 27.7. The quantitative estimate of drug-likeness (QED) is 0.618. The van der Waals surface area contributed by atoms with Crippen molar-refractivity contribution in [3.05, 3.63) is 74.7 Å². The van der Waals surface area contributed by atoms with Crippen molar-refractivity contribution in [2.75, 3.05) is 5.33 Å². The van der Waals surface area contributed by atoms with Gasteiger partial charge in [-0.1, -0.05) is 53.5 Å². The van der Waals surface area contributed by atoms with E-state index < -0.39 is 11.4 Å². The Morgan fingerprint density at radius 2 is 1.92 bits per heavy atom. The third-order valence-electron chi connectivity index (χ3n) is 3.74. The van der Waals surface area contributed by atoms with E-state index in [0.29, 0.717) is 17.6 Å². The molecule has 0 spiro atoms. The Kier molecular flexibility index (Phi) is 7.13. The molecule has 0 amide bonds. The van der Waals surface area contributed by atoms with E-state index in [-0.39, 0.29) is 0 Å². The molecule has 0 bridgehead atoms. The molecule has 25 heavy (non-hydrogen) atoms. The number of fused-ring (bicyclic) bond motifs is 1. The number of hydrogen-bond acceptors (Lipinski definition) is 4. The molecule has 0 unspecified atom stereocenters. The SMILES string of the molecule is CCCCBr.Cc1ccccc1Cn1c(=O)oc(=O)c2cccnc21. The summed E-state index contributed by atoms with van der Waals surface area (Å²) in [6.45, 7) is 4.47. The van der Waals surface area contributed by atoms with Crippen LogP contribution in [0.15, 0.2) is 56.6 Å². The molecule has 0 aliphatic heterocycles. The maximum Gasteiger partial charge on any atom is 0.423 e. The highest BCUT2D eigenvalue weighted by Crippen LogP contribution is 2.11. The number of pyridine rings is 1. The Morgan fingerprint density at radius 1 is 1.16 bits per heavy atom. The molecule has 0 fully saturated rings. The fourth-order valence-electron chi connectivity index (χ4n) is 2.28. The lowest BCUT2D eigenvalue weighted by atomic mass is 10.1. The Balaban J connectivity index is 0.000000399. The number of unbranched alkanes of at least 4 members (excludes halogenated alkanes) is 1. The molecular formula is C19H21BrN2O3. The second kappa shape index (κ2) is 9.32. The van der Waals surface area contributed by atoms with Crippen molar-refractivity contribution in [3.8, 4) is 0 Å². The van der Waals surface area contributed by atoms with Gasteiger partial charge in [-0.25, -0.2) is 14.6 Å². The molecule has 3 aromatic rings. The number of aryl methyl sites for hydroxylation is 1. The summed E-state index contributed by atoms with van der Waals surface area (Å²) in [5.41, 5.74) is 1.74. The fraction of sp³-hybridized carbons (Fsp3) is 0.316. The maximum absolute atomic E-state index is 11.9. The molecule has 132 valence electrons. The number of halogens is 1. The van der Waals surface area contributed by atoms with Crippen LogP contribution in [0.2, 0.25) is 0 Å². The molecule has 2 heterocycles. The lowest BCUT2D eigenvalue weighted by Crippen LogP contribution is -2.26. The number of aromatic nitrogens is 2. The summed E-state index contributed by atoms with van der Waals surface area (Å²) in [7, 11) is 0. The van der Waals surface area contributed by atoms with Crippen molar-refractivity contribution in [3.63, 3.8) is 0 Å². The van der Waals surface area contributed by atoms with Gasteiger partial charge in [-0.15, -0.1) is 0 Å². The van der Waals surface area contributed by atoms with Gasteiger partial charge < -0.3 is 4.42 Å². The molecule has 0 aliphatic rings. The summed E-state index contributed by atoms with van der Waals surface area (Å²) in [5, 5.41) is 1.46. The molecule has 2 aromatic heterocycles. The zero-order chi connectivity index (χ0) is 18.2. The van der Waals surface area contributed by atoms with Gasteiger partial charge in [0.05, 0.1) is 6.54 Å². The molecule has 0 radical (unpaired) electrons. The van der Waals surface area contributed by atoms with Gasteiger partial charge in [-0.05, 0) is 36.6 Å². The average Bonchev–Trinajstić information content (AvgIpc) is 2.61. The molecule has 0 saturated heterocycles. The van der Waals surface area contributed by atoms with Gasteiger partial charge in [0.15, 0.2) is 5.65 Å². The second-order valence-electron chi connectivity index (χ2n) is 5.59. The van der Waals surface area contributed by atoms with Crippen LogP contribution in [0, 0.1) is 6.92 Å². The summed E-state index contributed by atoms with van der Waals surface area (Å²) in [6.07, 6.45) is 4.15. The lowest BCUT2D eigenvalue weighted by Gasteiger charge is -2.09. The van der Waals surface area contributed by atoms with Crippen LogP contribution in [0.1, 0.15) is 30.9 Å². The van der Waals surface area contributed by atoms with Gasteiger partial charge >= 0.3 is 11.4 Å². The summed E-state index contributed by atoms with van der Waals surface area (Å²) in [6, 6.07) is 11.0. The van der Waals surface area contributed by atoms with Gasteiger partial charge in [0.25, 0.3) is 0 Å². The van der Waals surface area contributed by atoms with Gasteiger partial charge in [0, 0.05) is 11.5 Å². The predicted molar refractivity (Wildman–Crippen MR) is 104 cm³/mol. The highest BCUT2D eigenvalue weighted by molar-refractivity contribution is 9.09. The molecule has 3 rings (SSSR count). The largest absolute Gasteiger partial charge is 0.423 e. The zero-order valence-electron chi connectivity index (χ0n) is 14.4. The first-order chi connectivity index (χ1) is 12.1. The van der Waals surface area contributed by atoms with Crippen molar-refractivity contribution >= 4 is 27.0 Å². The first-order valence-corrected chi connectivity index (χ1v) is 9.29. The minimum atomic E-state index is -0.690. The summed E-state index contributed by atoms with van der Waals surface area (Å²) >= 11 is 3.31. The van der Waals surface area contributed by atoms with E-state index in [0.717, 1.165) is 16.5 Å². The van der Waals surface area contributed by atoms with Crippen molar-refractivity contribution in [1.29, 1.82) is 0 Å². The van der Waals surface area contributed by atoms with E-state index in [4.69, 9.17) is 4.42 Å². The third kappa shape index (κ3) is 4.89. The topological polar surface area (TPSA) is 65.1 Å². The molecule has 1 aromatic carbocycles. The van der Waals surface area contributed by atoms with Gasteiger partial charge in [0.1, 0.15) is 5.39 Å². The van der Waals surface area contributed by atoms with Crippen molar-refractivity contribution in [2.24, 2.45) is 0 Å². The van der Waals surface area contributed by atoms with Crippen LogP contribution in [-0.2, 0) is 6.54 Å². The van der Waals surface area contributed by atoms with Crippen LogP contribution < -0.4 is 11.4 Å². The minimum Gasteiger partial charge on any atom is -0.372 e. The second-order valence-corrected chi connectivity index (χ2v) is 6.38. The van der Waals surface area contributed by atoms with E-state index in [1.807, 2.05) is 31.2 Å². The highest BCUT2D eigenvalue weighted by atomic mass is 79.9. The standard InChI is InChI=1S/C15H12N2O3.C4H9Br/c1-10-5-2-3-6-11(10)9-17-13-12(7-4-8-16-13)14(18)20-15(17)19;1-2-3-4-5/h2-8H,9H2,1H3;2-4H2,1H3. The Labute approximate surface area is 154 Å². The number of hydrogen-bond donors (Lipinski definition) is 0. The van der Waals surface area contributed by atoms with Crippen LogP contribution >= 0.6 is 15.9 Å². The summed E-state index contributed by atoms with van der Waals surface area (Å²) in [5.74, 6) is -0.690. The molecule has 6 heteroatoms. The molecule has 0 atom stereocenters. The van der Waals surface area contributed by atoms with Gasteiger partial charge in [0.2, 0.25) is 0 Å². The highest BCUT2D eigenvalue weighted by Gasteiger charge is 2.11. The predicted octanol–water partition coefficient (Wildman–Crippen LogP) is 3.89. The van der Waals surface area contributed by atoms with Crippen LogP contribution in [0.3, 0.4) is 0 Å². The normalized spacial score (nSPS) is 10.4.